The van der Waals surface area contributed by atoms with E-state index in [9.17, 15) is 5.11 Å². The van der Waals surface area contributed by atoms with Crippen LogP contribution in [0.2, 0.25) is 0 Å². The second kappa shape index (κ2) is 8.38. The molecule has 0 unspecified atom stereocenters. The molecule has 0 aromatic heterocycles. The lowest BCUT2D eigenvalue weighted by molar-refractivity contribution is 0.116. The standard InChI is InChI=1S/C22H38O2/c1-16(2)11-9-10-12-24-15-17-13-18(21(3,4)5)20(23)19(14-17)22(6,7)8/h13-14,16,23H,9-12,15H2,1-8H3. The van der Waals surface area contributed by atoms with Gasteiger partial charge in [-0.1, -0.05) is 68.2 Å². The van der Waals surface area contributed by atoms with Gasteiger partial charge in [0.2, 0.25) is 0 Å². The summed E-state index contributed by atoms with van der Waals surface area (Å²) < 4.78 is 5.90. The molecule has 2 heteroatoms. The fourth-order valence-electron chi connectivity index (χ4n) is 2.87. The zero-order valence-electron chi connectivity index (χ0n) is 17.1. The first kappa shape index (κ1) is 21.0. The molecule has 1 aromatic carbocycles. The highest BCUT2D eigenvalue weighted by Gasteiger charge is 2.26. The van der Waals surface area contributed by atoms with Crippen LogP contribution in [0.15, 0.2) is 12.1 Å². The van der Waals surface area contributed by atoms with Gasteiger partial charge in [-0.3, -0.25) is 0 Å². The van der Waals surface area contributed by atoms with Crippen LogP contribution in [-0.2, 0) is 22.2 Å². The highest BCUT2D eigenvalue weighted by Crippen LogP contribution is 2.39. The molecule has 0 bridgehead atoms. The summed E-state index contributed by atoms with van der Waals surface area (Å²) in [5.74, 6) is 1.21. The topological polar surface area (TPSA) is 29.5 Å². The van der Waals surface area contributed by atoms with E-state index in [1.54, 1.807) is 0 Å². The van der Waals surface area contributed by atoms with Gasteiger partial charge in [0, 0.05) is 6.61 Å². The minimum Gasteiger partial charge on any atom is -0.507 e. The minimum atomic E-state index is -0.0860. The highest BCUT2D eigenvalue weighted by molar-refractivity contribution is 5.49. The van der Waals surface area contributed by atoms with Crippen molar-refractivity contribution in [2.75, 3.05) is 6.61 Å². The summed E-state index contributed by atoms with van der Waals surface area (Å²) in [6, 6.07) is 4.22. The van der Waals surface area contributed by atoms with Crippen LogP contribution in [0.3, 0.4) is 0 Å². The Kier molecular flexibility index (Phi) is 7.34. The molecule has 1 rings (SSSR count). The Morgan fingerprint density at radius 1 is 0.917 bits per heavy atom. The van der Waals surface area contributed by atoms with Crippen molar-refractivity contribution in [1.29, 1.82) is 0 Å². The summed E-state index contributed by atoms with van der Waals surface area (Å²) in [6.07, 6.45) is 3.62. The molecule has 24 heavy (non-hydrogen) atoms. The Balaban J connectivity index is 2.84. The lowest BCUT2D eigenvalue weighted by Gasteiger charge is -2.28. The van der Waals surface area contributed by atoms with E-state index in [1.807, 2.05) is 0 Å². The van der Waals surface area contributed by atoms with E-state index < -0.39 is 0 Å². The van der Waals surface area contributed by atoms with Gasteiger partial charge >= 0.3 is 0 Å². The number of phenols is 1. The van der Waals surface area contributed by atoms with Gasteiger partial charge in [0.25, 0.3) is 0 Å². The Morgan fingerprint density at radius 3 is 1.83 bits per heavy atom. The van der Waals surface area contributed by atoms with Crippen LogP contribution in [0.25, 0.3) is 0 Å². The van der Waals surface area contributed by atoms with Crippen molar-refractivity contribution in [3.05, 3.63) is 28.8 Å². The summed E-state index contributed by atoms with van der Waals surface area (Å²) in [4.78, 5) is 0. The molecule has 0 aliphatic rings. The monoisotopic (exact) mass is 334 g/mol. The smallest absolute Gasteiger partial charge is 0.123 e. The molecule has 0 aliphatic heterocycles. The fourth-order valence-corrected chi connectivity index (χ4v) is 2.87. The van der Waals surface area contributed by atoms with Crippen LogP contribution in [-0.4, -0.2) is 11.7 Å². The van der Waals surface area contributed by atoms with E-state index >= 15 is 0 Å². The third-order valence-electron chi connectivity index (χ3n) is 4.37. The third-order valence-corrected chi connectivity index (χ3v) is 4.37. The number of benzene rings is 1. The molecule has 0 aliphatic carbocycles. The summed E-state index contributed by atoms with van der Waals surface area (Å²) in [5, 5.41) is 10.7. The molecule has 0 radical (unpaired) electrons. The first-order valence-corrected chi connectivity index (χ1v) is 9.37. The van der Waals surface area contributed by atoms with Crippen molar-refractivity contribution in [1.82, 2.24) is 0 Å². The van der Waals surface area contributed by atoms with E-state index in [2.05, 4.69) is 67.5 Å². The second-order valence-electron chi connectivity index (χ2n) is 9.48. The SMILES string of the molecule is CC(C)CCCCOCc1cc(C(C)(C)C)c(O)c(C(C)(C)C)c1. The molecule has 0 saturated carbocycles. The second-order valence-corrected chi connectivity index (χ2v) is 9.48. The summed E-state index contributed by atoms with van der Waals surface area (Å²) in [6.45, 7) is 18.8. The molecular weight excluding hydrogens is 296 g/mol. The average molecular weight is 335 g/mol. The van der Waals surface area contributed by atoms with Gasteiger partial charge in [-0.15, -0.1) is 0 Å². The molecule has 0 saturated heterocycles. The van der Waals surface area contributed by atoms with Crippen molar-refractivity contribution in [3.8, 4) is 5.75 Å². The number of hydrogen-bond donors (Lipinski definition) is 1. The van der Waals surface area contributed by atoms with E-state index in [-0.39, 0.29) is 10.8 Å². The van der Waals surface area contributed by atoms with Crippen LogP contribution in [0.1, 0.15) is 91.3 Å². The zero-order valence-corrected chi connectivity index (χ0v) is 17.1. The summed E-state index contributed by atoms with van der Waals surface area (Å²) in [5.41, 5.74) is 3.00. The van der Waals surface area contributed by atoms with Gasteiger partial charge in [0.05, 0.1) is 6.61 Å². The number of rotatable bonds is 7. The fraction of sp³-hybridized carbons (Fsp3) is 0.727. The average Bonchev–Trinajstić information content (AvgIpc) is 2.41. The van der Waals surface area contributed by atoms with Gasteiger partial charge < -0.3 is 9.84 Å². The molecular formula is C22H38O2. The molecule has 138 valence electrons. The molecule has 0 amide bonds. The van der Waals surface area contributed by atoms with Crippen molar-refractivity contribution in [3.63, 3.8) is 0 Å². The Labute approximate surface area is 149 Å². The Morgan fingerprint density at radius 2 is 1.42 bits per heavy atom. The van der Waals surface area contributed by atoms with E-state index in [0.29, 0.717) is 12.4 Å². The van der Waals surface area contributed by atoms with Gasteiger partial charge in [0.15, 0.2) is 0 Å². The maximum Gasteiger partial charge on any atom is 0.123 e. The summed E-state index contributed by atoms with van der Waals surface area (Å²) >= 11 is 0. The molecule has 1 aromatic rings. The quantitative estimate of drug-likeness (QED) is 0.590. The molecule has 0 atom stereocenters. The molecule has 0 spiro atoms. The molecule has 0 fully saturated rings. The lowest BCUT2D eigenvalue weighted by atomic mass is 9.78. The van der Waals surface area contributed by atoms with E-state index in [1.165, 1.54) is 12.8 Å². The van der Waals surface area contributed by atoms with Crippen molar-refractivity contribution in [2.24, 2.45) is 5.92 Å². The number of phenolic OH excluding ortho intramolecular Hbond substituents is 1. The molecule has 1 N–H and O–H groups in total. The van der Waals surface area contributed by atoms with Crippen molar-refractivity contribution >= 4 is 0 Å². The van der Waals surface area contributed by atoms with Crippen LogP contribution in [0.5, 0.6) is 5.75 Å². The number of ether oxygens (including phenoxy) is 1. The number of unbranched alkanes of at least 4 members (excludes halogenated alkanes) is 1. The predicted octanol–water partition coefficient (Wildman–Crippen LogP) is 6.33. The van der Waals surface area contributed by atoms with Gasteiger partial charge in [-0.25, -0.2) is 0 Å². The molecule has 0 heterocycles. The minimum absolute atomic E-state index is 0.0860. The maximum absolute atomic E-state index is 10.7. The first-order chi connectivity index (χ1) is 10.9. The van der Waals surface area contributed by atoms with E-state index in [0.717, 1.165) is 35.6 Å². The van der Waals surface area contributed by atoms with Gasteiger partial charge in [-0.2, -0.15) is 0 Å². The van der Waals surface area contributed by atoms with Crippen LogP contribution in [0.4, 0.5) is 0 Å². The number of hydrogen-bond acceptors (Lipinski definition) is 2. The maximum atomic E-state index is 10.7. The normalized spacial score (nSPS) is 12.9. The van der Waals surface area contributed by atoms with E-state index in [4.69, 9.17) is 4.74 Å². The van der Waals surface area contributed by atoms with Crippen LogP contribution < -0.4 is 0 Å². The Hall–Kier alpha value is -1.02. The highest BCUT2D eigenvalue weighted by atomic mass is 16.5. The predicted molar refractivity (Wildman–Crippen MR) is 104 cm³/mol. The Bertz CT molecular complexity index is 481. The zero-order chi connectivity index (χ0) is 18.5. The van der Waals surface area contributed by atoms with Crippen molar-refractivity contribution < 1.29 is 9.84 Å². The lowest BCUT2D eigenvalue weighted by Crippen LogP contribution is -2.18. The largest absolute Gasteiger partial charge is 0.507 e. The van der Waals surface area contributed by atoms with Crippen molar-refractivity contribution in [2.45, 2.75) is 92.1 Å². The van der Waals surface area contributed by atoms with Gasteiger partial charge in [-0.05, 0) is 52.0 Å². The summed E-state index contributed by atoms with van der Waals surface area (Å²) in [7, 11) is 0. The third kappa shape index (κ3) is 6.47. The number of aromatic hydroxyl groups is 1. The van der Waals surface area contributed by atoms with Crippen LogP contribution >= 0.6 is 0 Å². The first-order valence-electron chi connectivity index (χ1n) is 9.37. The molecule has 2 nitrogen and oxygen atoms in total. The van der Waals surface area contributed by atoms with Gasteiger partial charge in [0.1, 0.15) is 5.75 Å². The van der Waals surface area contributed by atoms with Crippen LogP contribution in [0, 0.1) is 5.92 Å².